The van der Waals surface area contributed by atoms with Gasteiger partial charge in [-0.15, -0.1) is 22.7 Å². The largest absolute Gasteiger partial charge is 0.384 e. The third kappa shape index (κ3) is 3.43. The lowest BCUT2D eigenvalue weighted by Crippen LogP contribution is -2.01. The highest BCUT2D eigenvalue weighted by atomic mass is 35.5. The van der Waals surface area contributed by atoms with Crippen molar-refractivity contribution >= 4 is 45.9 Å². The van der Waals surface area contributed by atoms with Crippen LogP contribution in [0.2, 0.25) is 9.36 Å². The third-order valence-electron chi connectivity index (χ3n) is 4.06. The second kappa shape index (κ2) is 7.51. The number of halogens is 2. The molecule has 2 nitrogen and oxygen atoms in total. The van der Waals surface area contributed by atoms with Gasteiger partial charge in [0.25, 0.3) is 0 Å². The predicted octanol–water partition coefficient (Wildman–Crippen LogP) is 6.93. The van der Waals surface area contributed by atoms with Gasteiger partial charge in [0.2, 0.25) is 0 Å². The van der Waals surface area contributed by atoms with Crippen LogP contribution in [0.5, 0.6) is 0 Å². The molecule has 0 amide bonds. The number of hydrogen-bond acceptors (Lipinski definition) is 4. The number of aliphatic hydroxyl groups is 1. The van der Waals surface area contributed by atoms with Crippen LogP contribution in [0.3, 0.4) is 0 Å². The molecular weight excluding hydrogens is 405 g/mol. The molecular formula is C20H13Cl2NOS2. The fraction of sp³-hybridized carbons (Fsp3) is 0.0500. The van der Waals surface area contributed by atoms with Crippen molar-refractivity contribution in [1.29, 1.82) is 0 Å². The zero-order valence-corrected chi connectivity index (χ0v) is 16.5. The molecule has 130 valence electrons. The van der Waals surface area contributed by atoms with E-state index in [-0.39, 0.29) is 0 Å². The Morgan fingerprint density at radius 1 is 1.00 bits per heavy atom. The number of hydrogen-bond donors (Lipinski definition) is 1. The van der Waals surface area contributed by atoms with E-state index in [4.69, 9.17) is 23.2 Å². The van der Waals surface area contributed by atoms with Crippen molar-refractivity contribution in [3.05, 3.63) is 86.8 Å². The first kappa shape index (κ1) is 17.7. The Bertz CT molecular complexity index is 1030. The molecule has 0 radical (unpaired) electrons. The summed E-state index contributed by atoms with van der Waals surface area (Å²) in [6.45, 7) is 0. The minimum absolute atomic E-state index is 0.684. The predicted molar refractivity (Wildman–Crippen MR) is 111 cm³/mol. The Balaban J connectivity index is 1.90. The lowest BCUT2D eigenvalue weighted by Gasteiger charge is -2.15. The second-order valence-electron chi connectivity index (χ2n) is 5.69. The highest BCUT2D eigenvalue weighted by Gasteiger charge is 2.23. The average Bonchev–Trinajstić information content (AvgIpc) is 3.28. The zero-order valence-electron chi connectivity index (χ0n) is 13.4. The van der Waals surface area contributed by atoms with Crippen LogP contribution in [-0.4, -0.2) is 10.1 Å². The molecule has 0 aliphatic carbocycles. The molecule has 0 aliphatic rings. The first-order valence-electron chi connectivity index (χ1n) is 7.84. The molecule has 0 fully saturated rings. The smallest absolute Gasteiger partial charge is 0.108 e. The molecule has 1 aromatic carbocycles. The fourth-order valence-corrected chi connectivity index (χ4v) is 5.25. The molecule has 3 heterocycles. The molecule has 26 heavy (non-hydrogen) atoms. The Kier molecular flexibility index (Phi) is 5.11. The van der Waals surface area contributed by atoms with Crippen LogP contribution in [-0.2, 0) is 0 Å². The van der Waals surface area contributed by atoms with Gasteiger partial charge in [-0.2, -0.15) is 0 Å². The number of aliphatic hydroxyl groups excluding tert-OH is 1. The first-order valence-corrected chi connectivity index (χ1v) is 10.3. The molecule has 0 aliphatic heterocycles. The summed E-state index contributed by atoms with van der Waals surface area (Å²) in [5.41, 5.74) is 3.62. The van der Waals surface area contributed by atoms with E-state index in [1.54, 1.807) is 23.7 Å². The summed E-state index contributed by atoms with van der Waals surface area (Å²) in [6.07, 6.45) is 2.61. The van der Waals surface area contributed by atoms with Crippen molar-refractivity contribution in [1.82, 2.24) is 4.98 Å². The van der Waals surface area contributed by atoms with E-state index in [1.807, 2.05) is 48.5 Å². The van der Waals surface area contributed by atoms with E-state index in [0.717, 1.165) is 36.3 Å². The van der Waals surface area contributed by atoms with Gasteiger partial charge in [-0.3, -0.25) is 4.98 Å². The summed E-state index contributed by atoms with van der Waals surface area (Å²) in [6, 6.07) is 15.2. The highest BCUT2D eigenvalue weighted by Crippen LogP contribution is 2.46. The van der Waals surface area contributed by atoms with Crippen molar-refractivity contribution in [2.45, 2.75) is 6.10 Å². The SMILES string of the molecule is OC(c1cccnc1)c1c(-c2ccc(Cl)cc2)csc1-c1ccc(Cl)s1. The molecule has 3 aromatic heterocycles. The molecule has 0 saturated heterocycles. The highest BCUT2D eigenvalue weighted by molar-refractivity contribution is 7.23. The first-order chi connectivity index (χ1) is 12.6. The molecule has 4 aromatic rings. The fourth-order valence-electron chi connectivity index (χ4n) is 2.82. The van der Waals surface area contributed by atoms with Crippen LogP contribution < -0.4 is 0 Å². The molecule has 0 spiro atoms. The maximum absolute atomic E-state index is 11.1. The van der Waals surface area contributed by atoms with E-state index in [9.17, 15) is 5.11 Å². The normalized spacial score (nSPS) is 12.3. The van der Waals surface area contributed by atoms with Gasteiger partial charge in [0.1, 0.15) is 6.10 Å². The van der Waals surface area contributed by atoms with Crippen LogP contribution in [0, 0.1) is 0 Å². The Morgan fingerprint density at radius 2 is 1.81 bits per heavy atom. The summed E-state index contributed by atoms with van der Waals surface area (Å²) in [4.78, 5) is 6.20. The number of benzene rings is 1. The second-order valence-corrected chi connectivity index (χ2v) is 8.72. The number of thiophene rings is 2. The summed E-state index contributed by atoms with van der Waals surface area (Å²) in [5.74, 6) is 0. The summed E-state index contributed by atoms with van der Waals surface area (Å²) >= 11 is 15.3. The molecule has 0 saturated carbocycles. The Hall–Kier alpha value is -1.69. The lowest BCUT2D eigenvalue weighted by molar-refractivity contribution is 0.221. The summed E-state index contributed by atoms with van der Waals surface area (Å²) in [7, 11) is 0. The van der Waals surface area contributed by atoms with Crippen LogP contribution in [0.25, 0.3) is 20.9 Å². The topological polar surface area (TPSA) is 33.1 Å². The van der Waals surface area contributed by atoms with Gasteiger partial charge in [0, 0.05) is 33.4 Å². The summed E-state index contributed by atoms with van der Waals surface area (Å²) < 4.78 is 0.725. The maximum Gasteiger partial charge on any atom is 0.108 e. The number of nitrogens with zero attached hydrogens (tertiary/aromatic N) is 1. The van der Waals surface area contributed by atoms with Crippen LogP contribution in [0.1, 0.15) is 17.2 Å². The van der Waals surface area contributed by atoms with Crippen LogP contribution in [0.4, 0.5) is 0 Å². The number of pyridine rings is 1. The van der Waals surface area contributed by atoms with Crippen molar-refractivity contribution in [3.8, 4) is 20.9 Å². The minimum atomic E-state index is -0.781. The average molecular weight is 418 g/mol. The van der Waals surface area contributed by atoms with Gasteiger partial charge in [-0.1, -0.05) is 41.4 Å². The van der Waals surface area contributed by atoms with Crippen molar-refractivity contribution < 1.29 is 5.11 Å². The minimum Gasteiger partial charge on any atom is -0.384 e. The monoisotopic (exact) mass is 417 g/mol. The van der Waals surface area contributed by atoms with E-state index in [0.29, 0.717) is 5.02 Å². The van der Waals surface area contributed by atoms with E-state index in [2.05, 4.69) is 10.4 Å². The molecule has 1 unspecified atom stereocenters. The third-order valence-corrected chi connectivity index (χ3v) is 6.71. The lowest BCUT2D eigenvalue weighted by atomic mass is 9.95. The molecule has 1 atom stereocenters. The summed E-state index contributed by atoms with van der Waals surface area (Å²) in [5, 5.41) is 13.9. The maximum atomic E-state index is 11.1. The van der Waals surface area contributed by atoms with Crippen LogP contribution >= 0.6 is 45.9 Å². The Morgan fingerprint density at radius 3 is 2.46 bits per heavy atom. The van der Waals surface area contributed by atoms with Crippen molar-refractivity contribution in [2.75, 3.05) is 0 Å². The van der Waals surface area contributed by atoms with Gasteiger partial charge in [0.05, 0.1) is 9.21 Å². The molecule has 0 bridgehead atoms. The quantitative estimate of drug-likeness (QED) is 0.390. The van der Waals surface area contributed by atoms with Gasteiger partial charge in [-0.05, 0) is 46.8 Å². The Labute approximate surface area is 169 Å². The van der Waals surface area contributed by atoms with Gasteiger partial charge < -0.3 is 5.11 Å². The number of rotatable bonds is 4. The van der Waals surface area contributed by atoms with Gasteiger partial charge in [0.15, 0.2) is 0 Å². The van der Waals surface area contributed by atoms with Crippen molar-refractivity contribution in [3.63, 3.8) is 0 Å². The van der Waals surface area contributed by atoms with E-state index in [1.165, 1.54) is 11.3 Å². The number of aromatic nitrogens is 1. The van der Waals surface area contributed by atoms with Crippen molar-refractivity contribution in [2.24, 2.45) is 0 Å². The van der Waals surface area contributed by atoms with Gasteiger partial charge in [-0.25, -0.2) is 0 Å². The standard InChI is InChI=1S/C20H13Cl2NOS2/c21-14-5-3-12(4-6-14)15-11-25-20(16-7-8-17(22)26-16)18(15)19(24)13-2-1-9-23-10-13/h1-11,19,24H. The van der Waals surface area contributed by atoms with Gasteiger partial charge >= 0.3 is 0 Å². The van der Waals surface area contributed by atoms with Crippen LogP contribution in [0.15, 0.2) is 66.3 Å². The zero-order chi connectivity index (χ0) is 18.1. The van der Waals surface area contributed by atoms with E-state index >= 15 is 0 Å². The van der Waals surface area contributed by atoms with E-state index < -0.39 is 6.10 Å². The molecule has 6 heteroatoms. The molecule has 1 N–H and O–H groups in total. The molecule has 4 rings (SSSR count).